The van der Waals surface area contributed by atoms with Crippen molar-refractivity contribution in [2.45, 2.75) is 13.3 Å². The van der Waals surface area contributed by atoms with Crippen molar-refractivity contribution in [3.05, 3.63) is 0 Å². The Bertz CT molecular complexity index is 226. The normalized spacial score (nSPS) is 17.5. The lowest BCUT2D eigenvalue weighted by atomic mass is 10.3. The van der Waals surface area contributed by atoms with E-state index in [-0.39, 0.29) is 6.09 Å². The molecule has 0 bridgehead atoms. The Morgan fingerprint density at radius 1 is 1.24 bits per heavy atom. The topological polar surface area (TPSA) is 36.0 Å². The van der Waals surface area contributed by atoms with Gasteiger partial charge in [-0.1, -0.05) is 0 Å². The first kappa shape index (κ1) is 14.3. The molecule has 0 unspecified atom stereocenters. The molecule has 1 heterocycles. The summed E-state index contributed by atoms with van der Waals surface area (Å²) in [6.07, 6.45) is 1.02. The zero-order chi connectivity index (χ0) is 12.7. The molecule has 0 atom stereocenters. The third-order valence-electron chi connectivity index (χ3n) is 2.98. The third kappa shape index (κ3) is 5.37. The summed E-state index contributed by atoms with van der Waals surface area (Å²) >= 11 is 0. The molecule has 1 amide bonds. The standard InChI is InChI=1S/C12H25N3O2/c1-4-17-12(16)15-10-8-14(9-11-15)7-5-6-13(2)3/h4-11H2,1-3H3. The predicted octanol–water partition coefficient (Wildman–Crippen LogP) is 0.712. The first-order valence-electron chi connectivity index (χ1n) is 6.42. The lowest BCUT2D eigenvalue weighted by molar-refractivity contribution is 0.0788. The second-order valence-electron chi connectivity index (χ2n) is 4.68. The number of nitrogens with zero attached hydrogens (tertiary/aromatic N) is 3. The van der Waals surface area contributed by atoms with Crippen molar-refractivity contribution in [1.29, 1.82) is 0 Å². The number of hydrogen-bond acceptors (Lipinski definition) is 4. The van der Waals surface area contributed by atoms with E-state index < -0.39 is 0 Å². The first-order valence-corrected chi connectivity index (χ1v) is 6.42. The molecule has 5 heteroatoms. The Labute approximate surface area is 104 Å². The summed E-state index contributed by atoms with van der Waals surface area (Å²) in [4.78, 5) is 17.9. The predicted molar refractivity (Wildman–Crippen MR) is 68.2 cm³/mol. The number of rotatable bonds is 5. The van der Waals surface area contributed by atoms with Gasteiger partial charge in [0.1, 0.15) is 0 Å². The van der Waals surface area contributed by atoms with Crippen LogP contribution in [-0.4, -0.2) is 80.8 Å². The molecule has 1 saturated heterocycles. The second-order valence-corrected chi connectivity index (χ2v) is 4.68. The third-order valence-corrected chi connectivity index (χ3v) is 2.98. The molecule has 5 nitrogen and oxygen atoms in total. The summed E-state index contributed by atoms with van der Waals surface area (Å²) in [6.45, 7) is 8.06. The van der Waals surface area contributed by atoms with E-state index in [0.29, 0.717) is 6.61 Å². The van der Waals surface area contributed by atoms with Crippen molar-refractivity contribution >= 4 is 6.09 Å². The largest absolute Gasteiger partial charge is 0.450 e. The smallest absolute Gasteiger partial charge is 0.409 e. The minimum absolute atomic E-state index is 0.166. The average molecular weight is 243 g/mol. The molecule has 0 aromatic rings. The first-order chi connectivity index (χ1) is 8.13. The van der Waals surface area contributed by atoms with Crippen LogP contribution >= 0.6 is 0 Å². The molecule has 0 N–H and O–H groups in total. The van der Waals surface area contributed by atoms with E-state index in [1.165, 1.54) is 6.42 Å². The van der Waals surface area contributed by atoms with E-state index in [1.807, 2.05) is 6.92 Å². The number of carbonyl (C=O) groups is 1. The van der Waals surface area contributed by atoms with Crippen LogP contribution in [0, 0.1) is 0 Å². The highest BCUT2D eigenvalue weighted by Gasteiger charge is 2.21. The summed E-state index contributed by atoms with van der Waals surface area (Å²) in [7, 11) is 4.19. The van der Waals surface area contributed by atoms with E-state index in [2.05, 4.69) is 23.9 Å². The van der Waals surface area contributed by atoms with Gasteiger partial charge in [0.2, 0.25) is 0 Å². The number of hydrogen-bond donors (Lipinski definition) is 0. The van der Waals surface area contributed by atoms with Gasteiger partial charge in [0.25, 0.3) is 0 Å². The maximum atomic E-state index is 11.5. The van der Waals surface area contributed by atoms with E-state index in [1.54, 1.807) is 4.90 Å². The SMILES string of the molecule is CCOC(=O)N1CCN(CCCN(C)C)CC1. The molecular formula is C12H25N3O2. The van der Waals surface area contributed by atoms with E-state index in [0.717, 1.165) is 39.3 Å². The molecule has 1 rings (SSSR count). The summed E-state index contributed by atoms with van der Waals surface area (Å²) < 4.78 is 4.99. The minimum Gasteiger partial charge on any atom is -0.450 e. The molecule has 0 aliphatic carbocycles. The Morgan fingerprint density at radius 3 is 2.41 bits per heavy atom. The molecule has 0 saturated carbocycles. The van der Waals surface area contributed by atoms with Crippen LogP contribution in [0.15, 0.2) is 0 Å². The molecule has 1 fully saturated rings. The van der Waals surface area contributed by atoms with Crippen molar-refractivity contribution in [1.82, 2.24) is 14.7 Å². The zero-order valence-corrected chi connectivity index (χ0v) is 11.3. The molecule has 0 aromatic heterocycles. The monoisotopic (exact) mass is 243 g/mol. The summed E-state index contributed by atoms with van der Waals surface area (Å²) in [6, 6.07) is 0. The van der Waals surface area contributed by atoms with Gasteiger partial charge in [-0.25, -0.2) is 4.79 Å². The fourth-order valence-corrected chi connectivity index (χ4v) is 1.98. The highest BCUT2D eigenvalue weighted by molar-refractivity contribution is 5.67. The minimum atomic E-state index is -0.166. The molecule has 100 valence electrons. The van der Waals surface area contributed by atoms with Crippen LogP contribution in [0.2, 0.25) is 0 Å². The average Bonchev–Trinajstić information content (AvgIpc) is 2.30. The maximum Gasteiger partial charge on any atom is 0.409 e. The molecular weight excluding hydrogens is 218 g/mol. The van der Waals surface area contributed by atoms with Crippen LogP contribution in [-0.2, 0) is 4.74 Å². The quantitative estimate of drug-likeness (QED) is 0.712. The van der Waals surface area contributed by atoms with Gasteiger partial charge in [0, 0.05) is 26.2 Å². The summed E-state index contributed by atoms with van der Waals surface area (Å²) in [5.41, 5.74) is 0. The maximum absolute atomic E-state index is 11.5. The van der Waals surface area contributed by atoms with Crippen LogP contribution in [0.4, 0.5) is 4.79 Å². The number of amides is 1. The molecule has 1 aliphatic heterocycles. The Kier molecular flexibility index (Phi) is 6.29. The van der Waals surface area contributed by atoms with Gasteiger partial charge in [-0.3, -0.25) is 4.90 Å². The van der Waals surface area contributed by atoms with E-state index in [9.17, 15) is 4.79 Å². The highest BCUT2D eigenvalue weighted by Crippen LogP contribution is 2.04. The fourth-order valence-electron chi connectivity index (χ4n) is 1.98. The van der Waals surface area contributed by atoms with Crippen molar-refractivity contribution in [3.8, 4) is 0 Å². The van der Waals surface area contributed by atoms with Gasteiger partial charge in [0.15, 0.2) is 0 Å². The highest BCUT2D eigenvalue weighted by atomic mass is 16.6. The van der Waals surface area contributed by atoms with Gasteiger partial charge in [-0.15, -0.1) is 0 Å². The van der Waals surface area contributed by atoms with Crippen molar-refractivity contribution in [2.75, 3.05) is 60.0 Å². The van der Waals surface area contributed by atoms with Crippen LogP contribution < -0.4 is 0 Å². The van der Waals surface area contributed by atoms with E-state index >= 15 is 0 Å². The van der Waals surface area contributed by atoms with Gasteiger partial charge in [-0.2, -0.15) is 0 Å². The van der Waals surface area contributed by atoms with Crippen LogP contribution in [0.5, 0.6) is 0 Å². The number of ether oxygens (including phenoxy) is 1. The van der Waals surface area contributed by atoms with Gasteiger partial charge < -0.3 is 14.5 Å². The summed E-state index contributed by atoms with van der Waals surface area (Å²) in [5.74, 6) is 0. The Balaban J connectivity index is 2.15. The molecule has 17 heavy (non-hydrogen) atoms. The molecule has 0 radical (unpaired) electrons. The zero-order valence-electron chi connectivity index (χ0n) is 11.3. The van der Waals surface area contributed by atoms with Gasteiger partial charge in [-0.05, 0) is 40.5 Å². The second kappa shape index (κ2) is 7.50. The molecule has 0 spiro atoms. The number of carbonyl (C=O) groups excluding carboxylic acids is 1. The fraction of sp³-hybridized carbons (Fsp3) is 0.917. The van der Waals surface area contributed by atoms with Gasteiger partial charge >= 0.3 is 6.09 Å². The van der Waals surface area contributed by atoms with Crippen LogP contribution in [0.25, 0.3) is 0 Å². The lowest BCUT2D eigenvalue weighted by Gasteiger charge is -2.34. The van der Waals surface area contributed by atoms with E-state index in [4.69, 9.17) is 4.74 Å². The Hall–Kier alpha value is -0.810. The molecule has 0 aromatic carbocycles. The van der Waals surface area contributed by atoms with Crippen molar-refractivity contribution in [2.24, 2.45) is 0 Å². The van der Waals surface area contributed by atoms with Crippen LogP contribution in [0.3, 0.4) is 0 Å². The summed E-state index contributed by atoms with van der Waals surface area (Å²) in [5, 5.41) is 0. The van der Waals surface area contributed by atoms with Crippen molar-refractivity contribution in [3.63, 3.8) is 0 Å². The number of piperazine rings is 1. The van der Waals surface area contributed by atoms with Crippen molar-refractivity contribution < 1.29 is 9.53 Å². The molecule has 1 aliphatic rings. The lowest BCUT2D eigenvalue weighted by Crippen LogP contribution is -2.49. The van der Waals surface area contributed by atoms with Gasteiger partial charge in [0.05, 0.1) is 6.61 Å². The van der Waals surface area contributed by atoms with Crippen LogP contribution in [0.1, 0.15) is 13.3 Å². The Morgan fingerprint density at radius 2 is 1.88 bits per heavy atom.